The molecule has 4 aliphatic carbocycles. The number of hydrogen-bond donors (Lipinski definition) is 6. The highest BCUT2D eigenvalue weighted by atomic mass is 16.7. The summed E-state index contributed by atoms with van der Waals surface area (Å²) < 4.78 is 42.1. The van der Waals surface area contributed by atoms with Gasteiger partial charge in [0.1, 0.15) is 24.9 Å². The summed E-state index contributed by atoms with van der Waals surface area (Å²) in [6, 6.07) is 0. The van der Waals surface area contributed by atoms with Crippen LogP contribution in [0.3, 0.4) is 0 Å². The molecule has 6 N–H and O–H groups in total. The zero-order chi connectivity index (χ0) is 39.2. The van der Waals surface area contributed by atoms with Crippen LogP contribution in [-0.2, 0) is 38.0 Å². The van der Waals surface area contributed by atoms with Crippen LogP contribution in [0.2, 0.25) is 0 Å². The van der Waals surface area contributed by atoms with Crippen LogP contribution >= 0.6 is 0 Å². The molecule has 0 spiro atoms. The number of ether oxygens (including phenoxy) is 7. The van der Waals surface area contributed by atoms with Gasteiger partial charge in [0.2, 0.25) is 0 Å². The lowest BCUT2D eigenvalue weighted by molar-refractivity contribution is -0.336. The lowest BCUT2D eigenvalue weighted by Gasteiger charge is -2.65. The third kappa shape index (κ3) is 6.95. The molecular weight excluding hydrogens is 716 g/mol. The predicted octanol–water partition coefficient (Wildman–Crippen LogP) is 2.22. The van der Waals surface area contributed by atoms with Crippen molar-refractivity contribution in [1.29, 1.82) is 0 Å². The largest absolute Gasteiger partial charge is 0.458 e. The van der Waals surface area contributed by atoms with Gasteiger partial charge >= 0.3 is 5.97 Å². The van der Waals surface area contributed by atoms with Crippen molar-refractivity contribution in [3.8, 4) is 0 Å². The third-order valence-electron chi connectivity index (χ3n) is 16.0. The van der Waals surface area contributed by atoms with E-state index in [0.717, 1.165) is 44.1 Å². The Morgan fingerprint density at radius 3 is 1.87 bits per heavy atom. The van der Waals surface area contributed by atoms with Crippen LogP contribution < -0.4 is 0 Å². The van der Waals surface area contributed by atoms with Gasteiger partial charge in [0.15, 0.2) is 18.9 Å². The normalized spacial score (nSPS) is 55.5. The van der Waals surface area contributed by atoms with Crippen molar-refractivity contribution >= 4 is 5.97 Å². The van der Waals surface area contributed by atoms with E-state index in [1.165, 1.54) is 0 Å². The van der Waals surface area contributed by atoms with E-state index in [2.05, 4.69) is 6.92 Å². The molecule has 0 aromatic heterocycles. The minimum atomic E-state index is -1.01. The molecule has 8 rings (SSSR count). The Morgan fingerprint density at radius 2 is 1.29 bits per heavy atom. The molecule has 312 valence electrons. The molecule has 3 saturated heterocycles. The van der Waals surface area contributed by atoms with Crippen LogP contribution in [0.15, 0.2) is 11.6 Å². The highest BCUT2D eigenvalue weighted by Gasteiger charge is 2.71. The number of fused-ring (bicyclic) bond motifs is 5. The number of rotatable bonds is 7. The van der Waals surface area contributed by atoms with E-state index < -0.39 is 90.9 Å². The fraction of sp³-hybridized carbons (Fsp3) is 0.927. The fourth-order valence-corrected chi connectivity index (χ4v) is 12.8. The minimum Gasteiger partial charge on any atom is -0.458 e. The van der Waals surface area contributed by atoms with Gasteiger partial charge in [-0.3, -0.25) is 0 Å². The molecule has 4 saturated carbocycles. The topological polar surface area (TPSA) is 203 Å². The Bertz CT molecular complexity index is 1410. The maximum atomic E-state index is 12.6. The lowest BCUT2D eigenvalue weighted by atomic mass is 9.42. The van der Waals surface area contributed by atoms with Crippen LogP contribution in [0.25, 0.3) is 0 Å². The first kappa shape index (κ1) is 40.5. The molecule has 14 heteroatoms. The number of cyclic esters (lactones) is 1. The Labute approximate surface area is 323 Å². The van der Waals surface area contributed by atoms with Gasteiger partial charge in [-0.05, 0) is 107 Å². The van der Waals surface area contributed by atoms with Crippen LogP contribution in [-0.4, -0.2) is 135 Å². The van der Waals surface area contributed by atoms with Crippen molar-refractivity contribution in [3.63, 3.8) is 0 Å². The molecule has 4 heterocycles. The van der Waals surface area contributed by atoms with E-state index in [0.29, 0.717) is 18.8 Å². The molecule has 0 unspecified atom stereocenters. The van der Waals surface area contributed by atoms with E-state index in [9.17, 15) is 35.4 Å². The highest BCUT2D eigenvalue weighted by Crippen LogP contribution is 2.70. The molecule has 7 fully saturated rings. The average Bonchev–Trinajstić information content (AvgIpc) is 3.67. The summed E-state index contributed by atoms with van der Waals surface area (Å²) in [6.45, 7) is 9.90. The Hall–Kier alpha value is -1.27. The number of carbonyl (C=O) groups excluding carboxylic acids is 1. The lowest BCUT2D eigenvalue weighted by Crippen LogP contribution is -2.67. The monoisotopic (exact) mass is 780 g/mol. The summed E-state index contributed by atoms with van der Waals surface area (Å²) in [5.41, 5.74) is -0.892. The second kappa shape index (κ2) is 15.1. The first-order chi connectivity index (χ1) is 26.0. The highest BCUT2D eigenvalue weighted by molar-refractivity contribution is 5.85. The zero-order valence-electron chi connectivity index (χ0n) is 32.9. The molecule has 4 aliphatic heterocycles. The minimum absolute atomic E-state index is 0.0452. The van der Waals surface area contributed by atoms with Gasteiger partial charge < -0.3 is 63.8 Å². The molecule has 8 aliphatic rings. The quantitative estimate of drug-likeness (QED) is 0.162. The second-order valence-electron chi connectivity index (χ2n) is 18.8. The predicted molar refractivity (Wildman–Crippen MR) is 193 cm³/mol. The Kier molecular flexibility index (Phi) is 11.1. The molecule has 0 amide bonds. The molecule has 0 aromatic rings. The first-order valence-electron chi connectivity index (χ1n) is 20.9. The maximum absolute atomic E-state index is 12.6. The van der Waals surface area contributed by atoms with Crippen molar-refractivity contribution in [2.45, 2.75) is 197 Å². The van der Waals surface area contributed by atoms with Gasteiger partial charge in [-0.2, -0.15) is 0 Å². The van der Waals surface area contributed by atoms with E-state index >= 15 is 0 Å². The molecule has 14 nitrogen and oxygen atoms in total. The fourth-order valence-electron chi connectivity index (χ4n) is 12.8. The van der Waals surface area contributed by atoms with Crippen LogP contribution in [0, 0.1) is 34.5 Å². The van der Waals surface area contributed by atoms with Gasteiger partial charge in [0.25, 0.3) is 0 Å². The van der Waals surface area contributed by atoms with Crippen LogP contribution in [0.4, 0.5) is 0 Å². The molecule has 0 aromatic carbocycles. The summed E-state index contributed by atoms with van der Waals surface area (Å²) in [6.07, 6.45) is -1.51. The SMILES string of the molecule is C[C@H]1O[C@@H](O[C@H]2[C@@H](O)C[C@H](O[C@H]3[C@@H](O)C[C@H](O[C@H]4CC[C@@]5(C)[C@H](CC[C@@H]6[C@@H]5C[C@@H](O)[C@@]5(C)[C@@H](C7=CC(=O)OC7)CC[C@]65O)C4)O[C@@H]3C)O[C@@H]2C)C[C@H](O)[C@@H]1O. The maximum Gasteiger partial charge on any atom is 0.331 e. The summed E-state index contributed by atoms with van der Waals surface area (Å²) in [5.74, 6) is 0.204. The summed E-state index contributed by atoms with van der Waals surface area (Å²) in [7, 11) is 0. The zero-order valence-corrected chi connectivity index (χ0v) is 32.9. The summed E-state index contributed by atoms with van der Waals surface area (Å²) in [5, 5.41) is 66.9. The Balaban J connectivity index is 0.837. The van der Waals surface area contributed by atoms with Gasteiger partial charge in [-0.1, -0.05) is 13.8 Å². The van der Waals surface area contributed by atoms with Crippen molar-refractivity contribution in [1.82, 2.24) is 0 Å². The summed E-state index contributed by atoms with van der Waals surface area (Å²) >= 11 is 0. The van der Waals surface area contributed by atoms with E-state index in [4.69, 9.17) is 33.2 Å². The number of carbonyl (C=O) groups is 1. The van der Waals surface area contributed by atoms with Crippen molar-refractivity contribution in [2.24, 2.45) is 34.5 Å². The van der Waals surface area contributed by atoms with Crippen molar-refractivity contribution in [2.75, 3.05) is 6.61 Å². The third-order valence-corrected chi connectivity index (χ3v) is 16.0. The van der Waals surface area contributed by atoms with E-state index in [-0.39, 0.29) is 61.1 Å². The van der Waals surface area contributed by atoms with E-state index in [1.807, 2.05) is 13.8 Å². The van der Waals surface area contributed by atoms with Crippen LogP contribution in [0.1, 0.15) is 105 Å². The number of esters is 1. The van der Waals surface area contributed by atoms with Gasteiger partial charge in [0.05, 0.1) is 54.4 Å². The van der Waals surface area contributed by atoms with Crippen LogP contribution in [0.5, 0.6) is 0 Å². The van der Waals surface area contributed by atoms with Gasteiger partial charge in [0, 0.05) is 30.8 Å². The van der Waals surface area contributed by atoms with Crippen molar-refractivity contribution < 1.29 is 68.6 Å². The number of hydrogen-bond acceptors (Lipinski definition) is 14. The first-order valence-corrected chi connectivity index (χ1v) is 20.9. The van der Waals surface area contributed by atoms with Crippen molar-refractivity contribution in [3.05, 3.63) is 11.6 Å². The summed E-state index contributed by atoms with van der Waals surface area (Å²) in [4.78, 5) is 11.9. The standard InChI is InChI=1S/C41H64O14/c1-19-36(47)28(42)15-34(50-19)54-38-21(3)52-35(17-30(38)44)55-37-20(2)51-33(16-29(37)43)53-24-8-10-39(4)23(13-24)6-7-26-27(39)14-31(45)40(5)25(9-11-41(26,40)48)22-12-32(46)49-18-22/h12,19-21,23-31,33-38,42-45,47-48H,6-11,13-18H2,1-5H3/t19-,20-,21-,23-,24+,25-,26-,27+,28+,29+,30+,31-,33+,34+,35+,36-,37-,38-,39+,40-,41+/m1/s1. The molecular formula is C41H64O14. The van der Waals surface area contributed by atoms with E-state index in [1.54, 1.807) is 19.9 Å². The number of aliphatic hydroxyl groups excluding tert-OH is 5. The molecule has 21 atom stereocenters. The molecule has 0 radical (unpaired) electrons. The van der Waals surface area contributed by atoms with Gasteiger partial charge in [-0.25, -0.2) is 4.79 Å². The average molecular weight is 781 g/mol. The Morgan fingerprint density at radius 1 is 0.691 bits per heavy atom. The molecule has 0 bridgehead atoms. The van der Waals surface area contributed by atoms with Gasteiger partial charge in [-0.15, -0.1) is 0 Å². The number of aliphatic hydroxyl groups is 6. The molecule has 55 heavy (non-hydrogen) atoms. The second-order valence-corrected chi connectivity index (χ2v) is 18.8. The smallest absolute Gasteiger partial charge is 0.331 e.